The van der Waals surface area contributed by atoms with E-state index in [0.29, 0.717) is 27.0 Å². The highest BCUT2D eigenvalue weighted by Crippen LogP contribution is 2.31. The maximum atomic E-state index is 13.5. The highest BCUT2D eigenvalue weighted by atomic mass is 32.1. The first-order valence-electron chi connectivity index (χ1n) is 8.91. The molecule has 0 radical (unpaired) electrons. The molecule has 0 fully saturated rings. The van der Waals surface area contributed by atoms with Gasteiger partial charge in [-0.3, -0.25) is 0 Å². The van der Waals surface area contributed by atoms with Crippen LogP contribution in [-0.2, 0) is 0 Å². The van der Waals surface area contributed by atoms with Crippen LogP contribution in [0, 0.1) is 12.7 Å². The monoisotopic (exact) mass is 403 g/mol. The van der Waals surface area contributed by atoms with Gasteiger partial charge in [0.1, 0.15) is 11.4 Å². The molecule has 0 atom stereocenters. The normalized spacial score (nSPS) is 11.2. The average Bonchev–Trinajstić information content (AvgIpc) is 3.18. The Hall–Kier alpha value is -3.58. The van der Waals surface area contributed by atoms with Crippen LogP contribution in [0.1, 0.15) is 5.56 Å². The number of rotatable bonds is 3. The molecule has 1 N–H and O–H groups in total. The van der Waals surface area contributed by atoms with E-state index in [9.17, 15) is 9.18 Å². The van der Waals surface area contributed by atoms with Gasteiger partial charge in [-0.15, -0.1) is 10.2 Å². The summed E-state index contributed by atoms with van der Waals surface area (Å²) in [7, 11) is 0. The molecule has 5 rings (SSSR count). The summed E-state index contributed by atoms with van der Waals surface area (Å²) in [5.41, 5.74) is 1.87. The van der Waals surface area contributed by atoms with Crippen LogP contribution in [0.15, 0.2) is 69.9 Å². The van der Waals surface area contributed by atoms with Gasteiger partial charge < -0.3 is 9.73 Å². The van der Waals surface area contributed by atoms with Crippen molar-refractivity contribution in [2.45, 2.75) is 6.92 Å². The van der Waals surface area contributed by atoms with E-state index in [1.165, 1.54) is 23.5 Å². The third kappa shape index (κ3) is 3.15. The number of nitrogens with one attached hydrogen (secondary N) is 1. The predicted molar refractivity (Wildman–Crippen MR) is 113 cm³/mol. The minimum absolute atomic E-state index is 0.343. The van der Waals surface area contributed by atoms with E-state index in [1.54, 1.807) is 18.2 Å². The molecule has 3 aromatic carbocycles. The van der Waals surface area contributed by atoms with Crippen LogP contribution >= 0.6 is 11.3 Å². The van der Waals surface area contributed by atoms with Gasteiger partial charge in [0.2, 0.25) is 5.13 Å². The molecule has 2 aromatic heterocycles. The third-order valence-electron chi connectivity index (χ3n) is 4.74. The second kappa shape index (κ2) is 6.79. The number of hydrogen-bond acceptors (Lipinski definition) is 6. The lowest BCUT2D eigenvalue weighted by Gasteiger charge is -2.05. The predicted octanol–water partition coefficient (Wildman–Crippen LogP) is 5.66. The highest BCUT2D eigenvalue weighted by Gasteiger charge is 2.15. The van der Waals surface area contributed by atoms with E-state index in [0.717, 1.165) is 21.7 Å². The fourth-order valence-electron chi connectivity index (χ4n) is 3.25. The van der Waals surface area contributed by atoms with Crippen molar-refractivity contribution in [2.75, 3.05) is 5.32 Å². The summed E-state index contributed by atoms with van der Waals surface area (Å²) in [6.45, 7) is 1.87. The van der Waals surface area contributed by atoms with Crippen molar-refractivity contribution in [2.24, 2.45) is 0 Å². The Labute approximate surface area is 168 Å². The maximum Gasteiger partial charge on any atom is 0.346 e. The number of nitrogens with zero attached hydrogens (tertiary/aromatic N) is 2. The van der Waals surface area contributed by atoms with Crippen molar-refractivity contribution in [1.29, 1.82) is 0 Å². The molecule has 0 spiro atoms. The molecule has 0 aliphatic carbocycles. The summed E-state index contributed by atoms with van der Waals surface area (Å²) in [6.07, 6.45) is 0. The first-order chi connectivity index (χ1) is 14.1. The van der Waals surface area contributed by atoms with Crippen molar-refractivity contribution in [1.82, 2.24) is 10.2 Å². The van der Waals surface area contributed by atoms with E-state index in [1.807, 2.05) is 37.3 Å². The second-order valence-electron chi connectivity index (χ2n) is 6.64. The zero-order valence-electron chi connectivity index (χ0n) is 15.3. The summed E-state index contributed by atoms with van der Waals surface area (Å²) in [5.74, 6) is -0.343. The number of halogens is 1. The minimum Gasteiger partial charge on any atom is -0.422 e. The van der Waals surface area contributed by atoms with Crippen molar-refractivity contribution in [3.63, 3.8) is 0 Å². The standard InChI is InChI=1S/C22H14FN3O2S/c1-12-6-8-14(23)10-18(12)24-22-26-25-20(29-22)17-11-16-15-5-3-2-4-13(15)7-9-19(16)28-21(17)27/h2-11H,1H3,(H,24,26). The summed E-state index contributed by atoms with van der Waals surface area (Å²) >= 11 is 1.21. The molecule has 29 heavy (non-hydrogen) atoms. The van der Waals surface area contributed by atoms with Crippen LogP contribution in [0.2, 0.25) is 0 Å². The summed E-state index contributed by atoms with van der Waals surface area (Å²) < 4.78 is 19.1. The van der Waals surface area contributed by atoms with Gasteiger partial charge in [0.05, 0.1) is 5.56 Å². The Morgan fingerprint density at radius 2 is 1.86 bits per heavy atom. The molecule has 5 aromatic rings. The molecule has 0 aliphatic rings. The van der Waals surface area contributed by atoms with Crippen LogP contribution in [0.25, 0.3) is 32.3 Å². The molecule has 142 valence electrons. The Morgan fingerprint density at radius 3 is 2.76 bits per heavy atom. The fourth-order valence-corrected chi connectivity index (χ4v) is 4.01. The lowest BCUT2D eigenvalue weighted by molar-refractivity contribution is 0.563. The quantitative estimate of drug-likeness (QED) is 0.311. The molecule has 0 bridgehead atoms. The van der Waals surface area contributed by atoms with Crippen LogP contribution < -0.4 is 10.9 Å². The lowest BCUT2D eigenvalue weighted by atomic mass is 10.0. The Kier molecular flexibility index (Phi) is 4.10. The van der Waals surface area contributed by atoms with Gasteiger partial charge in [0.25, 0.3) is 0 Å². The average molecular weight is 403 g/mol. The van der Waals surface area contributed by atoms with Crippen LogP contribution in [0.4, 0.5) is 15.2 Å². The zero-order valence-corrected chi connectivity index (χ0v) is 16.1. The van der Waals surface area contributed by atoms with Gasteiger partial charge in [-0.1, -0.05) is 47.7 Å². The Bertz CT molecular complexity index is 1440. The molecule has 0 amide bonds. The molecule has 5 nitrogen and oxygen atoms in total. The SMILES string of the molecule is Cc1ccc(F)cc1Nc1nnc(-c2cc3c(ccc4ccccc43)oc2=O)s1. The molecule has 0 saturated heterocycles. The Morgan fingerprint density at radius 1 is 1.00 bits per heavy atom. The van der Waals surface area contributed by atoms with Gasteiger partial charge in [-0.05, 0) is 47.5 Å². The first kappa shape index (κ1) is 17.5. The van der Waals surface area contributed by atoms with E-state index >= 15 is 0 Å². The molecular formula is C22H14FN3O2S. The number of aromatic nitrogens is 2. The molecule has 0 unspecified atom stereocenters. The van der Waals surface area contributed by atoms with Gasteiger partial charge in [0, 0.05) is 11.1 Å². The van der Waals surface area contributed by atoms with E-state index in [4.69, 9.17) is 4.42 Å². The fraction of sp³-hybridized carbons (Fsp3) is 0.0455. The number of benzene rings is 3. The van der Waals surface area contributed by atoms with Gasteiger partial charge in [-0.25, -0.2) is 9.18 Å². The van der Waals surface area contributed by atoms with Crippen molar-refractivity contribution >= 4 is 43.9 Å². The second-order valence-corrected chi connectivity index (χ2v) is 7.62. The van der Waals surface area contributed by atoms with Gasteiger partial charge >= 0.3 is 5.63 Å². The summed E-state index contributed by atoms with van der Waals surface area (Å²) in [4.78, 5) is 12.5. The first-order valence-corrected chi connectivity index (χ1v) is 9.73. The topological polar surface area (TPSA) is 68.0 Å². The summed E-state index contributed by atoms with van der Waals surface area (Å²) in [5, 5.41) is 15.1. The van der Waals surface area contributed by atoms with Crippen LogP contribution in [-0.4, -0.2) is 10.2 Å². The summed E-state index contributed by atoms with van der Waals surface area (Å²) in [6, 6.07) is 17.9. The smallest absolute Gasteiger partial charge is 0.346 e. The largest absolute Gasteiger partial charge is 0.422 e. The lowest BCUT2D eigenvalue weighted by Crippen LogP contribution is -2.02. The van der Waals surface area contributed by atoms with Gasteiger partial charge in [-0.2, -0.15) is 0 Å². The molecule has 2 heterocycles. The van der Waals surface area contributed by atoms with E-state index in [-0.39, 0.29) is 5.82 Å². The van der Waals surface area contributed by atoms with Crippen LogP contribution in [0.5, 0.6) is 0 Å². The van der Waals surface area contributed by atoms with Crippen LogP contribution in [0.3, 0.4) is 0 Å². The number of aryl methyl sites for hydroxylation is 1. The number of fused-ring (bicyclic) bond motifs is 3. The van der Waals surface area contributed by atoms with E-state index in [2.05, 4.69) is 15.5 Å². The maximum absolute atomic E-state index is 13.5. The third-order valence-corrected chi connectivity index (χ3v) is 5.61. The van der Waals surface area contributed by atoms with Gasteiger partial charge in [0.15, 0.2) is 5.01 Å². The molecule has 0 aliphatic heterocycles. The molecule has 0 saturated carbocycles. The van der Waals surface area contributed by atoms with Crippen molar-refractivity contribution in [3.8, 4) is 10.6 Å². The van der Waals surface area contributed by atoms with E-state index < -0.39 is 5.63 Å². The number of hydrogen-bond donors (Lipinski definition) is 1. The Balaban J connectivity index is 1.59. The number of anilines is 2. The van der Waals surface area contributed by atoms with Crippen molar-refractivity contribution in [3.05, 3.63) is 82.5 Å². The molecule has 7 heteroatoms. The highest BCUT2D eigenvalue weighted by molar-refractivity contribution is 7.18. The zero-order chi connectivity index (χ0) is 20.0. The molecular weight excluding hydrogens is 389 g/mol. The minimum atomic E-state index is -0.475. The van der Waals surface area contributed by atoms with Crippen molar-refractivity contribution < 1.29 is 8.81 Å².